The molecule has 0 saturated carbocycles. The number of nitrogens with zero attached hydrogens (tertiary/aromatic N) is 3. The van der Waals surface area contributed by atoms with Gasteiger partial charge in [0.2, 0.25) is 11.9 Å². The van der Waals surface area contributed by atoms with Gasteiger partial charge in [0.15, 0.2) is 0 Å². The van der Waals surface area contributed by atoms with Crippen LogP contribution in [0.2, 0.25) is 0 Å². The van der Waals surface area contributed by atoms with Crippen molar-refractivity contribution in [2.24, 2.45) is 0 Å². The minimum Gasteiger partial charge on any atom is -0.496 e. The summed E-state index contributed by atoms with van der Waals surface area (Å²) >= 11 is 1.51. The third kappa shape index (κ3) is 2.84. The molecule has 7 heteroatoms. The van der Waals surface area contributed by atoms with Crippen LogP contribution in [0.25, 0.3) is 0 Å². The van der Waals surface area contributed by atoms with Gasteiger partial charge < -0.3 is 9.47 Å². The number of hydrogen-bond donors (Lipinski definition) is 0. The van der Waals surface area contributed by atoms with Crippen molar-refractivity contribution in [2.75, 3.05) is 24.9 Å². The molecule has 1 saturated heterocycles. The van der Waals surface area contributed by atoms with Crippen LogP contribution in [0.1, 0.15) is 16.6 Å². The van der Waals surface area contributed by atoms with E-state index < -0.39 is 0 Å². The number of thioether (sulfide) groups is 1. The van der Waals surface area contributed by atoms with E-state index in [0.29, 0.717) is 23.2 Å². The quantitative estimate of drug-likeness (QED) is 0.858. The van der Waals surface area contributed by atoms with Crippen molar-refractivity contribution in [1.82, 2.24) is 9.97 Å². The van der Waals surface area contributed by atoms with Crippen LogP contribution in [0, 0.1) is 6.92 Å². The highest BCUT2D eigenvalue weighted by atomic mass is 32.2. The second kappa shape index (κ2) is 6.45. The smallest absolute Gasteiger partial charge is 0.240 e. The van der Waals surface area contributed by atoms with Crippen LogP contribution < -0.4 is 14.4 Å². The molecule has 2 heterocycles. The number of aryl methyl sites for hydroxylation is 1. The third-order valence-corrected chi connectivity index (χ3v) is 4.75. The minimum atomic E-state index is -0.282. The summed E-state index contributed by atoms with van der Waals surface area (Å²) in [7, 11) is 3.21. The second-order valence-corrected chi connectivity index (χ2v) is 6.07. The van der Waals surface area contributed by atoms with Crippen molar-refractivity contribution >= 4 is 23.6 Å². The summed E-state index contributed by atoms with van der Waals surface area (Å²) in [6.45, 7) is 1.87. The number of amides is 1. The van der Waals surface area contributed by atoms with Gasteiger partial charge in [-0.15, -0.1) is 11.8 Å². The van der Waals surface area contributed by atoms with E-state index in [1.165, 1.54) is 11.8 Å². The first-order valence-electron chi connectivity index (χ1n) is 7.10. The van der Waals surface area contributed by atoms with Gasteiger partial charge in [0, 0.05) is 11.9 Å². The highest BCUT2D eigenvalue weighted by molar-refractivity contribution is 8.00. The first-order chi connectivity index (χ1) is 11.2. The molecule has 1 aromatic carbocycles. The summed E-state index contributed by atoms with van der Waals surface area (Å²) in [6, 6.07) is 7.37. The van der Waals surface area contributed by atoms with Crippen molar-refractivity contribution in [3.63, 3.8) is 0 Å². The summed E-state index contributed by atoms with van der Waals surface area (Å²) < 4.78 is 10.9. The molecule has 0 aliphatic carbocycles. The largest absolute Gasteiger partial charge is 0.496 e. The van der Waals surface area contributed by atoms with Crippen LogP contribution >= 0.6 is 11.8 Å². The van der Waals surface area contributed by atoms with E-state index in [0.717, 1.165) is 11.3 Å². The predicted octanol–water partition coefficient (Wildman–Crippen LogP) is 2.58. The summed E-state index contributed by atoms with van der Waals surface area (Å²) in [6.07, 6.45) is 1.66. The first kappa shape index (κ1) is 15.6. The lowest BCUT2D eigenvalue weighted by atomic mass is 10.1. The van der Waals surface area contributed by atoms with E-state index in [4.69, 9.17) is 9.47 Å². The maximum atomic E-state index is 12.4. The van der Waals surface area contributed by atoms with Gasteiger partial charge in [0.05, 0.1) is 25.5 Å². The maximum Gasteiger partial charge on any atom is 0.240 e. The van der Waals surface area contributed by atoms with E-state index in [2.05, 4.69) is 9.97 Å². The SMILES string of the molecule is COc1cccc(OC)c1C1SCC(=O)N1c1nccc(C)n1. The van der Waals surface area contributed by atoms with Crippen LogP contribution in [0.15, 0.2) is 30.5 Å². The van der Waals surface area contributed by atoms with Crippen LogP contribution in [0.4, 0.5) is 5.95 Å². The Morgan fingerprint density at radius 2 is 1.91 bits per heavy atom. The lowest BCUT2D eigenvalue weighted by Gasteiger charge is -2.25. The molecule has 1 unspecified atom stereocenters. The van der Waals surface area contributed by atoms with E-state index in [1.54, 1.807) is 31.4 Å². The molecule has 1 atom stereocenters. The van der Waals surface area contributed by atoms with E-state index in [1.807, 2.05) is 25.1 Å². The van der Waals surface area contributed by atoms with Gasteiger partial charge in [-0.1, -0.05) is 6.07 Å². The molecule has 1 aromatic heterocycles. The molecule has 0 spiro atoms. The Balaban J connectivity index is 2.10. The van der Waals surface area contributed by atoms with Gasteiger partial charge >= 0.3 is 0 Å². The second-order valence-electron chi connectivity index (χ2n) is 5.00. The number of aromatic nitrogens is 2. The predicted molar refractivity (Wildman–Crippen MR) is 89.0 cm³/mol. The Kier molecular flexibility index (Phi) is 4.38. The summed E-state index contributed by atoms with van der Waals surface area (Å²) in [4.78, 5) is 22.7. The third-order valence-electron chi connectivity index (χ3n) is 3.58. The molecule has 1 fully saturated rings. The maximum absolute atomic E-state index is 12.4. The molecule has 2 aromatic rings. The van der Waals surface area contributed by atoms with E-state index in [-0.39, 0.29) is 11.3 Å². The van der Waals surface area contributed by atoms with Crippen molar-refractivity contribution in [2.45, 2.75) is 12.3 Å². The molecule has 1 amide bonds. The summed E-state index contributed by atoms with van der Waals surface area (Å²) in [5, 5.41) is -0.282. The average Bonchev–Trinajstić information content (AvgIpc) is 2.95. The van der Waals surface area contributed by atoms with Gasteiger partial charge in [-0.05, 0) is 25.1 Å². The zero-order chi connectivity index (χ0) is 16.4. The van der Waals surface area contributed by atoms with Crippen LogP contribution in [0.5, 0.6) is 11.5 Å². The number of methoxy groups -OCH3 is 2. The van der Waals surface area contributed by atoms with Gasteiger partial charge in [0.1, 0.15) is 16.9 Å². The highest BCUT2D eigenvalue weighted by Gasteiger charge is 2.39. The Morgan fingerprint density at radius 1 is 1.22 bits per heavy atom. The number of hydrogen-bond acceptors (Lipinski definition) is 6. The van der Waals surface area contributed by atoms with Crippen molar-refractivity contribution < 1.29 is 14.3 Å². The number of ether oxygens (including phenoxy) is 2. The Hall–Kier alpha value is -2.28. The van der Waals surface area contributed by atoms with E-state index >= 15 is 0 Å². The molecule has 120 valence electrons. The molecule has 1 aliphatic rings. The lowest BCUT2D eigenvalue weighted by molar-refractivity contribution is -0.115. The highest BCUT2D eigenvalue weighted by Crippen LogP contribution is 2.47. The average molecular weight is 331 g/mol. The number of carbonyl (C=O) groups is 1. The molecule has 6 nitrogen and oxygen atoms in total. The van der Waals surface area contributed by atoms with Gasteiger partial charge in [0.25, 0.3) is 0 Å². The topological polar surface area (TPSA) is 64.6 Å². The Labute approximate surface area is 138 Å². The molecule has 0 bridgehead atoms. The number of carbonyl (C=O) groups excluding carboxylic acids is 1. The first-order valence-corrected chi connectivity index (χ1v) is 8.14. The summed E-state index contributed by atoms with van der Waals surface area (Å²) in [5.41, 5.74) is 1.63. The summed E-state index contributed by atoms with van der Waals surface area (Å²) in [5.74, 6) is 2.09. The Bertz CT molecular complexity index is 716. The molecular formula is C16H17N3O3S. The molecule has 0 radical (unpaired) electrons. The number of benzene rings is 1. The van der Waals surface area contributed by atoms with Gasteiger partial charge in [-0.25, -0.2) is 9.97 Å². The molecule has 23 heavy (non-hydrogen) atoms. The zero-order valence-electron chi connectivity index (χ0n) is 13.1. The zero-order valence-corrected chi connectivity index (χ0v) is 14.0. The lowest BCUT2D eigenvalue weighted by Crippen LogP contribution is -2.30. The fourth-order valence-corrected chi connectivity index (χ4v) is 3.73. The number of anilines is 1. The van der Waals surface area contributed by atoms with Gasteiger partial charge in [-0.3, -0.25) is 9.69 Å². The van der Waals surface area contributed by atoms with E-state index in [9.17, 15) is 4.79 Å². The van der Waals surface area contributed by atoms with Gasteiger partial charge in [-0.2, -0.15) is 0 Å². The van der Waals surface area contributed by atoms with Crippen molar-refractivity contribution in [3.8, 4) is 11.5 Å². The standard InChI is InChI=1S/C16H17N3O3S/c1-10-7-8-17-16(18-10)19-13(20)9-23-15(19)14-11(21-2)5-4-6-12(14)22-3/h4-8,15H,9H2,1-3H3. The van der Waals surface area contributed by atoms with Crippen LogP contribution in [0.3, 0.4) is 0 Å². The molecule has 0 N–H and O–H groups in total. The minimum absolute atomic E-state index is 0.0291. The normalized spacial score (nSPS) is 17.4. The van der Waals surface area contributed by atoms with Crippen molar-refractivity contribution in [1.29, 1.82) is 0 Å². The van der Waals surface area contributed by atoms with Crippen molar-refractivity contribution in [3.05, 3.63) is 41.7 Å². The molecule has 1 aliphatic heterocycles. The molecular weight excluding hydrogens is 314 g/mol. The fourth-order valence-electron chi connectivity index (χ4n) is 2.53. The van der Waals surface area contributed by atoms with Crippen LogP contribution in [-0.4, -0.2) is 35.8 Å². The number of rotatable bonds is 4. The monoisotopic (exact) mass is 331 g/mol. The van der Waals surface area contributed by atoms with Crippen LogP contribution in [-0.2, 0) is 4.79 Å². The fraction of sp³-hybridized carbons (Fsp3) is 0.312. The Morgan fingerprint density at radius 3 is 2.52 bits per heavy atom. The molecule has 3 rings (SSSR count).